The molecule has 1 heterocycles. The third-order valence-electron chi connectivity index (χ3n) is 5.79. The van der Waals surface area contributed by atoms with Crippen molar-refractivity contribution in [2.75, 3.05) is 6.61 Å². The Kier molecular flexibility index (Phi) is 7.70. The molecule has 0 aliphatic carbocycles. The predicted octanol–water partition coefficient (Wildman–Crippen LogP) is 6.70. The fourth-order valence-electron chi connectivity index (χ4n) is 4.20. The lowest BCUT2D eigenvalue weighted by molar-refractivity contribution is -0.154. The molecule has 1 aliphatic heterocycles. The van der Waals surface area contributed by atoms with E-state index in [1.165, 1.54) is 13.0 Å². The fourth-order valence-corrected chi connectivity index (χ4v) is 4.47. The molecule has 0 N–H and O–H groups in total. The van der Waals surface area contributed by atoms with Gasteiger partial charge < -0.3 is 14.2 Å². The molecule has 0 saturated heterocycles. The van der Waals surface area contributed by atoms with Crippen molar-refractivity contribution in [1.82, 2.24) is 0 Å². The molecule has 7 heteroatoms. The number of halogens is 2. The minimum Gasteiger partial charge on any atom is -0.462 e. The SMILES string of the molecule is CCOC(=O)C1=C(F)OC(C)=CC1(C(=O)OC(c1ccccc1)c1ccccc1)c1ccc(Br)cc1. The molecule has 0 saturated carbocycles. The maximum atomic E-state index is 15.4. The highest BCUT2D eigenvalue weighted by Crippen LogP contribution is 2.44. The van der Waals surface area contributed by atoms with E-state index < -0.39 is 35.0 Å². The van der Waals surface area contributed by atoms with E-state index in [0.29, 0.717) is 5.56 Å². The number of carbonyl (C=O) groups is 2. The van der Waals surface area contributed by atoms with Crippen molar-refractivity contribution in [3.8, 4) is 0 Å². The second kappa shape index (κ2) is 10.9. The molecule has 0 amide bonds. The summed E-state index contributed by atoms with van der Waals surface area (Å²) >= 11 is 3.38. The third kappa shape index (κ3) is 4.97. The van der Waals surface area contributed by atoms with E-state index in [1.54, 1.807) is 31.2 Å². The van der Waals surface area contributed by atoms with Gasteiger partial charge in [-0.2, -0.15) is 4.39 Å². The standard InChI is InChI=1S/C29H24BrFO5/c1-3-34-27(32)24-26(31)35-19(2)18-29(24,22-14-16-23(30)17-15-22)28(33)36-25(20-10-6-4-7-11-20)21-12-8-5-9-13-21/h4-18,25H,3H2,1-2H3. The lowest BCUT2D eigenvalue weighted by atomic mass is 9.72. The molecular formula is C29H24BrFO5. The first-order chi connectivity index (χ1) is 17.4. The summed E-state index contributed by atoms with van der Waals surface area (Å²) in [6.07, 6.45) is 0.594. The zero-order valence-electron chi connectivity index (χ0n) is 19.7. The van der Waals surface area contributed by atoms with E-state index in [0.717, 1.165) is 15.6 Å². The van der Waals surface area contributed by atoms with E-state index in [9.17, 15) is 9.59 Å². The van der Waals surface area contributed by atoms with Crippen molar-refractivity contribution in [2.24, 2.45) is 0 Å². The zero-order valence-corrected chi connectivity index (χ0v) is 21.3. The number of ether oxygens (including phenoxy) is 3. The molecule has 4 rings (SSSR count). The maximum absolute atomic E-state index is 15.4. The smallest absolute Gasteiger partial charge is 0.342 e. The molecule has 0 aromatic heterocycles. The van der Waals surface area contributed by atoms with Gasteiger partial charge in [0.05, 0.1) is 6.61 Å². The quantitative estimate of drug-likeness (QED) is 0.306. The van der Waals surface area contributed by atoms with Gasteiger partial charge in [0.25, 0.3) is 6.01 Å². The Morgan fingerprint density at radius 3 is 2.03 bits per heavy atom. The first-order valence-corrected chi connectivity index (χ1v) is 12.2. The Balaban J connectivity index is 1.90. The number of benzene rings is 3. The Bertz CT molecular complexity index is 1260. The predicted molar refractivity (Wildman–Crippen MR) is 136 cm³/mol. The van der Waals surface area contributed by atoms with Gasteiger partial charge in [0, 0.05) is 4.47 Å². The van der Waals surface area contributed by atoms with Crippen molar-refractivity contribution in [3.05, 3.63) is 130 Å². The number of rotatable bonds is 7. The van der Waals surface area contributed by atoms with Crippen molar-refractivity contribution >= 4 is 27.9 Å². The molecule has 1 aliphatic rings. The van der Waals surface area contributed by atoms with Crippen LogP contribution in [0.3, 0.4) is 0 Å². The normalized spacial score (nSPS) is 17.3. The summed E-state index contributed by atoms with van der Waals surface area (Å²) in [6, 6.07) is 23.9. The highest BCUT2D eigenvalue weighted by molar-refractivity contribution is 9.10. The summed E-state index contributed by atoms with van der Waals surface area (Å²) in [5.74, 6) is -1.74. The molecule has 0 bridgehead atoms. The highest BCUT2D eigenvalue weighted by atomic mass is 79.9. The maximum Gasteiger partial charge on any atom is 0.342 e. The number of allylic oxidation sites excluding steroid dienone is 1. The molecule has 3 aromatic carbocycles. The van der Waals surface area contributed by atoms with Crippen molar-refractivity contribution in [2.45, 2.75) is 25.4 Å². The summed E-state index contributed by atoms with van der Waals surface area (Å²) in [4.78, 5) is 27.3. The van der Waals surface area contributed by atoms with Gasteiger partial charge in [-0.15, -0.1) is 0 Å². The van der Waals surface area contributed by atoms with Crippen molar-refractivity contribution in [1.29, 1.82) is 0 Å². The Morgan fingerprint density at radius 2 is 1.50 bits per heavy atom. The number of hydrogen-bond acceptors (Lipinski definition) is 5. The number of hydrogen-bond donors (Lipinski definition) is 0. The number of esters is 2. The van der Waals surface area contributed by atoms with Gasteiger partial charge in [0.2, 0.25) is 0 Å². The average Bonchev–Trinajstić information content (AvgIpc) is 2.88. The summed E-state index contributed by atoms with van der Waals surface area (Å²) in [5, 5.41) is 0. The molecule has 1 atom stereocenters. The van der Waals surface area contributed by atoms with E-state index in [-0.39, 0.29) is 12.4 Å². The van der Waals surface area contributed by atoms with Crippen LogP contribution in [0.2, 0.25) is 0 Å². The van der Waals surface area contributed by atoms with Gasteiger partial charge in [-0.05, 0) is 48.7 Å². The molecule has 0 fully saturated rings. The van der Waals surface area contributed by atoms with Crippen LogP contribution in [0.5, 0.6) is 0 Å². The molecule has 3 aromatic rings. The number of carbonyl (C=O) groups excluding carboxylic acids is 2. The van der Waals surface area contributed by atoms with Crippen LogP contribution in [0.15, 0.2) is 113 Å². The van der Waals surface area contributed by atoms with Crippen LogP contribution in [0.1, 0.15) is 36.6 Å². The van der Waals surface area contributed by atoms with Gasteiger partial charge in [-0.3, -0.25) is 4.79 Å². The topological polar surface area (TPSA) is 61.8 Å². The van der Waals surface area contributed by atoms with Crippen molar-refractivity contribution < 1.29 is 28.2 Å². The molecule has 184 valence electrons. The van der Waals surface area contributed by atoms with Crippen LogP contribution in [0.25, 0.3) is 0 Å². The first kappa shape index (κ1) is 25.4. The zero-order chi connectivity index (χ0) is 25.7. The third-order valence-corrected chi connectivity index (χ3v) is 6.32. The minimum atomic E-state index is -1.94. The molecule has 36 heavy (non-hydrogen) atoms. The molecule has 0 radical (unpaired) electrons. The second-order valence-electron chi connectivity index (χ2n) is 8.15. The second-order valence-corrected chi connectivity index (χ2v) is 9.06. The van der Waals surface area contributed by atoms with Crippen LogP contribution in [0, 0.1) is 0 Å². The molecule has 0 spiro atoms. The highest BCUT2D eigenvalue weighted by Gasteiger charge is 2.53. The molecule has 5 nitrogen and oxygen atoms in total. The van der Waals surface area contributed by atoms with Crippen LogP contribution >= 0.6 is 15.9 Å². The lowest BCUT2D eigenvalue weighted by Crippen LogP contribution is -2.44. The van der Waals surface area contributed by atoms with E-state index >= 15 is 4.39 Å². The Labute approximate surface area is 217 Å². The summed E-state index contributed by atoms with van der Waals surface area (Å²) in [7, 11) is 0. The molecule has 1 unspecified atom stereocenters. The largest absolute Gasteiger partial charge is 0.462 e. The first-order valence-electron chi connectivity index (χ1n) is 11.4. The van der Waals surface area contributed by atoms with E-state index in [2.05, 4.69) is 15.9 Å². The summed E-state index contributed by atoms with van der Waals surface area (Å²) in [5.41, 5.74) is -0.740. The van der Waals surface area contributed by atoms with Crippen molar-refractivity contribution in [3.63, 3.8) is 0 Å². The summed E-state index contributed by atoms with van der Waals surface area (Å²) in [6.45, 7) is 3.09. The molecular weight excluding hydrogens is 527 g/mol. The van der Waals surface area contributed by atoms with Crippen LogP contribution in [0.4, 0.5) is 4.39 Å². The van der Waals surface area contributed by atoms with E-state index in [4.69, 9.17) is 14.2 Å². The van der Waals surface area contributed by atoms with Crippen LogP contribution < -0.4 is 0 Å². The van der Waals surface area contributed by atoms with Gasteiger partial charge in [0.1, 0.15) is 11.3 Å². The minimum absolute atomic E-state index is 0.0135. The Hall–Kier alpha value is -3.71. The van der Waals surface area contributed by atoms with Crippen LogP contribution in [-0.2, 0) is 29.2 Å². The van der Waals surface area contributed by atoms with Gasteiger partial charge in [0.15, 0.2) is 11.5 Å². The van der Waals surface area contributed by atoms with Gasteiger partial charge in [-0.25, -0.2) is 4.79 Å². The van der Waals surface area contributed by atoms with E-state index in [1.807, 2.05) is 60.7 Å². The van der Waals surface area contributed by atoms with Crippen LogP contribution in [-0.4, -0.2) is 18.5 Å². The van der Waals surface area contributed by atoms with Gasteiger partial charge >= 0.3 is 11.9 Å². The monoisotopic (exact) mass is 550 g/mol. The lowest BCUT2D eigenvalue weighted by Gasteiger charge is -2.35. The summed E-state index contributed by atoms with van der Waals surface area (Å²) < 4.78 is 32.6. The fraction of sp³-hybridized carbons (Fsp3) is 0.172. The average molecular weight is 551 g/mol. The Morgan fingerprint density at radius 1 is 0.944 bits per heavy atom. The van der Waals surface area contributed by atoms with Gasteiger partial charge in [-0.1, -0.05) is 88.7 Å².